The van der Waals surface area contributed by atoms with Gasteiger partial charge in [-0.3, -0.25) is 0 Å². The fourth-order valence-electron chi connectivity index (χ4n) is 2.63. The molecule has 18 heavy (non-hydrogen) atoms. The summed E-state index contributed by atoms with van der Waals surface area (Å²) in [6, 6.07) is 10.9. The molecule has 0 saturated carbocycles. The lowest BCUT2D eigenvalue weighted by Gasteiger charge is -2.04. The third kappa shape index (κ3) is 1.79. The van der Waals surface area contributed by atoms with E-state index in [1.165, 1.54) is 21.9 Å². The van der Waals surface area contributed by atoms with E-state index >= 15 is 0 Å². The van der Waals surface area contributed by atoms with Crippen LogP contribution in [0.1, 0.15) is 30.0 Å². The van der Waals surface area contributed by atoms with Gasteiger partial charge in [0.15, 0.2) is 0 Å². The molecule has 1 heteroatoms. The van der Waals surface area contributed by atoms with Crippen molar-refractivity contribution in [2.45, 2.75) is 32.2 Å². The molecule has 0 aromatic heterocycles. The molecule has 0 radical (unpaired) electrons. The predicted octanol–water partition coefficient (Wildman–Crippen LogP) is 3.03. The van der Waals surface area contributed by atoms with E-state index in [0.717, 1.165) is 24.8 Å². The largest absolute Gasteiger partial charge is 0.318 e. The Hall–Kier alpha value is -1.78. The summed E-state index contributed by atoms with van der Waals surface area (Å²) >= 11 is 0. The smallest absolute Gasteiger partial charge is 0.0665 e. The summed E-state index contributed by atoms with van der Waals surface area (Å²) in [4.78, 5) is 0. The van der Waals surface area contributed by atoms with Crippen LogP contribution in [0.15, 0.2) is 30.3 Å². The Balaban J connectivity index is 2.17. The van der Waals surface area contributed by atoms with Crippen molar-refractivity contribution < 1.29 is 0 Å². The van der Waals surface area contributed by atoms with Crippen LogP contribution < -0.4 is 5.73 Å². The Morgan fingerprint density at radius 2 is 1.94 bits per heavy atom. The van der Waals surface area contributed by atoms with E-state index in [-0.39, 0.29) is 6.04 Å². The van der Waals surface area contributed by atoms with Gasteiger partial charge in [0.1, 0.15) is 0 Å². The molecular formula is C17H17N. The average Bonchev–Trinajstić information content (AvgIpc) is 2.83. The molecule has 0 heterocycles. The highest BCUT2D eigenvalue weighted by atomic mass is 14.6. The highest BCUT2D eigenvalue weighted by molar-refractivity contribution is 5.94. The minimum Gasteiger partial charge on any atom is -0.318 e. The van der Waals surface area contributed by atoms with Crippen LogP contribution in [-0.2, 0) is 12.8 Å². The van der Waals surface area contributed by atoms with Crippen LogP contribution in [0, 0.1) is 11.8 Å². The minimum atomic E-state index is -0.0203. The lowest BCUT2D eigenvalue weighted by atomic mass is 10.00. The van der Waals surface area contributed by atoms with E-state index in [0.29, 0.717) is 0 Å². The number of benzene rings is 2. The SMILES string of the molecule is CCC(N)C#Cc1ccc2c3c(cccc13)CC2. The Kier molecular flexibility index (Phi) is 2.81. The third-order valence-electron chi connectivity index (χ3n) is 3.71. The fourth-order valence-corrected chi connectivity index (χ4v) is 2.63. The lowest BCUT2D eigenvalue weighted by molar-refractivity contribution is 0.806. The Morgan fingerprint density at radius 3 is 2.72 bits per heavy atom. The zero-order valence-corrected chi connectivity index (χ0v) is 10.7. The second kappa shape index (κ2) is 4.48. The maximum Gasteiger partial charge on any atom is 0.0665 e. The molecule has 1 aliphatic rings. The van der Waals surface area contributed by atoms with E-state index in [4.69, 9.17) is 5.73 Å². The van der Waals surface area contributed by atoms with Crippen LogP contribution in [0.4, 0.5) is 0 Å². The summed E-state index contributed by atoms with van der Waals surface area (Å²) < 4.78 is 0. The van der Waals surface area contributed by atoms with Gasteiger partial charge in [0, 0.05) is 5.56 Å². The highest BCUT2D eigenvalue weighted by Crippen LogP contribution is 2.32. The summed E-state index contributed by atoms with van der Waals surface area (Å²) in [6.07, 6.45) is 3.23. The molecule has 0 saturated heterocycles. The molecule has 3 rings (SSSR count). The summed E-state index contributed by atoms with van der Waals surface area (Å²) in [7, 11) is 0. The molecule has 1 atom stereocenters. The Labute approximate surface area is 108 Å². The molecule has 1 aliphatic carbocycles. The summed E-state index contributed by atoms with van der Waals surface area (Å²) in [5, 5.41) is 2.72. The van der Waals surface area contributed by atoms with Crippen LogP contribution in [-0.4, -0.2) is 6.04 Å². The monoisotopic (exact) mass is 235 g/mol. The fraction of sp³-hybridized carbons (Fsp3) is 0.294. The molecule has 0 bridgehead atoms. The van der Waals surface area contributed by atoms with Crippen LogP contribution in [0.5, 0.6) is 0 Å². The minimum absolute atomic E-state index is 0.0203. The maximum absolute atomic E-state index is 5.86. The molecule has 90 valence electrons. The summed E-state index contributed by atoms with van der Waals surface area (Å²) in [5.74, 6) is 6.37. The summed E-state index contributed by atoms with van der Waals surface area (Å²) in [5.41, 5.74) is 9.90. The molecular weight excluding hydrogens is 218 g/mol. The van der Waals surface area contributed by atoms with Crippen LogP contribution in [0.2, 0.25) is 0 Å². The van der Waals surface area contributed by atoms with Crippen LogP contribution >= 0.6 is 0 Å². The number of rotatable bonds is 1. The van der Waals surface area contributed by atoms with Gasteiger partial charge in [0.2, 0.25) is 0 Å². The van der Waals surface area contributed by atoms with E-state index in [1.54, 1.807) is 0 Å². The van der Waals surface area contributed by atoms with Gasteiger partial charge in [-0.15, -0.1) is 0 Å². The van der Waals surface area contributed by atoms with E-state index in [9.17, 15) is 0 Å². The van der Waals surface area contributed by atoms with Crippen molar-refractivity contribution >= 4 is 10.8 Å². The highest BCUT2D eigenvalue weighted by Gasteiger charge is 2.14. The zero-order chi connectivity index (χ0) is 12.5. The number of aryl methyl sites for hydroxylation is 2. The van der Waals surface area contributed by atoms with Crippen molar-refractivity contribution in [3.8, 4) is 11.8 Å². The maximum atomic E-state index is 5.86. The van der Waals surface area contributed by atoms with Gasteiger partial charge in [-0.05, 0) is 47.2 Å². The molecule has 2 aromatic rings. The first-order valence-corrected chi connectivity index (χ1v) is 6.60. The van der Waals surface area contributed by atoms with Crippen molar-refractivity contribution in [2.75, 3.05) is 0 Å². The summed E-state index contributed by atoms with van der Waals surface area (Å²) in [6.45, 7) is 2.06. The molecule has 0 spiro atoms. The van der Waals surface area contributed by atoms with E-state index < -0.39 is 0 Å². The molecule has 0 fully saturated rings. The predicted molar refractivity (Wildman–Crippen MR) is 76.5 cm³/mol. The number of hydrogen-bond donors (Lipinski definition) is 1. The first kappa shape index (κ1) is 11.3. The normalized spacial score (nSPS) is 14.3. The van der Waals surface area contributed by atoms with E-state index in [2.05, 4.69) is 49.1 Å². The van der Waals surface area contributed by atoms with Gasteiger partial charge < -0.3 is 5.73 Å². The van der Waals surface area contributed by atoms with Gasteiger partial charge >= 0.3 is 0 Å². The molecule has 2 N–H and O–H groups in total. The van der Waals surface area contributed by atoms with Crippen molar-refractivity contribution in [2.24, 2.45) is 5.73 Å². The Bertz CT molecular complexity index is 648. The molecule has 1 unspecified atom stereocenters. The van der Waals surface area contributed by atoms with Crippen molar-refractivity contribution in [1.82, 2.24) is 0 Å². The Morgan fingerprint density at radius 1 is 1.17 bits per heavy atom. The van der Waals surface area contributed by atoms with Crippen molar-refractivity contribution in [3.05, 3.63) is 47.0 Å². The number of hydrogen-bond acceptors (Lipinski definition) is 1. The van der Waals surface area contributed by atoms with Crippen molar-refractivity contribution in [1.29, 1.82) is 0 Å². The standard InChI is InChI=1S/C17H17N/c1-2-15(18)11-10-12-6-7-14-9-8-13-4-3-5-16(12)17(13)14/h3-7,15H,2,8-9,18H2,1H3. The van der Waals surface area contributed by atoms with Crippen LogP contribution in [0.25, 0.3) is 10.8 Å². The van der Waals surface area contributed by atoms with E-state index in [1.807, 2.05) is 0 Å². The molecule has 0 aliphatic heterocycles. The third-order valence-corrected chi connectivity index (χ3v) is 3.71. The molecule has 2 aromatic carbocycles. The quantitative estimate of drug-likeness (QED) is 0.755. The van der Waals surface area contributed by atoms with Gasteiger partial charge in [0.05, 0.1) is 6.04 Å². The van der Waals surface area contributed by atoms with Gasteiger partial charge in [-0.1, -0.05) is 43.0 Å². The lowest BCUT2D eigenvalue weighted by Crippen LogP contribution is -2.15. The topological polar surface area (TPSA) is 26.0 Å². The molecule has 0 amide bonds. The first-order valence-electron chi connectivity index (χ1n) is 6.60. The van der Waals surface area contributed by atoms with Gasteiger partial charge in [-0.25, -0.2) is 0 Å². The van der Waals surface area contributed by atoms with Crippen molar-refractivity contribution in [3.63, 3.8) is 0 Å². The van der Waals surface area contributed by atoms with Gasteiger partial charge in [-0.2, -0.15) is 0 Å². The average molecular weight is 235 g/mol. The van der Waals surface area contributed by atoms with Gasteiger partial charge in [0.25, 0.3) is 0 Å². The number of nitrogens with two attached hydrogens (primary N) is 1. The first-order chi connectivity index (χ1) is 8.79. The molecule has 1 nitrogen and oxygen atoms in total. The second-order valence-corrected chi connectivity index (χ2v) is 4.90. The zero-order valence-electron chi connectivity index (χ0n) is 10.7. The second-order valence-electron chi connectivity index (χ2n) is 4.90. The van der Waals surface area contributed by atoms with Crippen LogP contribution in [0.3, 0.4) is 0 Å².